The van der Waals surface area contributed by atoms with Gasteiger partial charge in [-0.1, -0.05) is 6.07 Å². The van der Waals surface area contributed by atoms with E-state index in [2.05, 4.69) is 6.92 Å². The number of nitrogens with two attached hydrogens (primary N) is 1. The molecule has 3 nitrogen and oxygen atoms in total. The van der Waals surface area contributed by atoms with Gasteiger partial charge in [0, 0.05) is 24.6 Å². The fraction of sp³-hybridized carbons (Fsp3) is 0.462. The first-order valence-corrected chi connectivity index (χ1v) is 5.68. The van der Waals surface area contributed by atoms with Crippen LogP contribution >= 0.6 is 0 Å². The van der Waals surface area contributed by atoms with Gasteiger partial charge in [-0.3, -0.25) is 4.79 Å². The SMILES string of the molecule is Cc1ccc(C(=O)N2CC(CN)C2)cc1C. The van der Waals surface area contributed by atoms with E-state index < -0.39 is 0 Å². The third-order valence-corrected chi connectivity index (χ3v) is 3.33. The zero-order valence-electron chi connectivity index (χ0n) is 9.86. The highest BCUT2D eigenvalue weighted by molar-refractivity contribution is 5.95. The number of hydrogen-bond donors (Lipinski definition) is 1. The topological polar surface area (TPSA) is 46.3 Å². The summed E-state index contributed by atoms with van der Waals surface area (Å²) in [6, 6.07) is 5.87. The molecule has 0 atom stereocenters. The van der Waals surface area contributed by atoms with Crippen molar-refractivity contribution in [3.63, 3.8) is 0 Å². The van der Waals surface area contributed by atoms with E-state index in [0.717, 1.165) is 18.7 Å². The summed E-state index contributed by atoms with van der Waals surface area (Å²) in [5.41, 5.74) is 8.72. The summed E-state index contributed by atoms with van der Waals surface area (Å²) in [7, 11) is 0. The van der Waals surface area contributed by atoms with Gasteiger partial charge in [0.2, 0.25) is 0 Å². The predicted molar refractivity (Wildman–Crippen MR) is 64.4 cm³/mol. The first-order valence-electron chi connectivity index (χ1n) is 5.68. The summed E-state index contributed by atoms with van der Waals surface area (Å²) in [6.45, 7) is 6.38. The molecule has 1 aliphatic rings. The molecule has 0 spiro atoms. The Morgan fingerprint density at radius 3 is 2.62 bits per heavy atom. The van der Waals surface area contributed by atoms with Crippen molar-refractivity contribution in [3.05, 3.63) is 34.9 Å². The maximum Gasteiger partial charge on any atom is 0.253 e. The van der Waals surface area contributed by atoms with Gasteiger partial charge in [-0.25, -0.2) is 0 Å². The van der Waals surface area contributed by atoms with E-state index in [1.807, 2.05) is 30.0 Å². The summed E-state index contributed by atoms with van der Waals surface area (Å²) in [4.78, 5) is 13.9. The van der Waals surface area contributed by atoms with Crippen LogP contribution < -0.4 is 5.73 Å². The van der Waals surface area contributed by atoms with Crippen molar-refractivity contribution in [1.29, 1.82) is 0 Å². The van der Waals surface area contributed by atoms with Crippen molar-refractivity contribution in [2.75, 3.05) is 19.6 Å². The van der Waals surface area contributed by atoms with E-state index in [9.17, 15) is 4.79 Å². The smallest absolute Gasteiger partial charge is 0.253 e. The average molecular weight is 218 g/mol. The maximum atomic E-state index is 12.0. The Morgan fingerprint density at radius 2 is 2.06 bits per heavy atom. The Kier molecular flexibility index (Phi) is 2.97. The van der Waals surface area contributed by atoms with Crippen LogP contribution in [0.25, 0.3) is 0 Å². The Balaban J connectivity index is 2.07. The van der Waals surface area contributed by atoms with Gasteiger partial charge in [0.05, 0.1) is 0 Å². The molecule has 1 heterocycles. The summed E-state index contributed by atoms with van der Waals surface area (Å²) in [6.07, 6.45) is 0. The van der Waals surface area contributed by atoms with Crippen LogP contribution in [0, 0.1) is 19.8 Å². The van der Waals surface area contributed by atoms with Crippen LogP contribution in [-0.4, -0.2) is 30.4 Å². The van der Waals surface area contributed by atoms with Gasteiger partial charge < -0.3 is 10.6 Å². The van der Waals surface area contributed by atoms with Crippen LogP contribution in [0.15, 0.2) is 18.2 Å². The second-order valence-electron chi connectivity index (χ2n) is 4.61. The Morgan fingerprint density at radius 1 is 1.38 bits per heavy atom. The molecule has 1 aromatic carbocycles. The predicted octanol–water partition coefficient (Wildman–Crippen LogP) is 1.33. The van der Waals surface area contributed by atoms with Gasteiger partial charge in [-0.05, 0) is 43.7 Å². The molecule has 16 heavy (non-hydrogen) atoms. The molecule has 2 rings (SSSR count). The van der Waals surface area contributed by atoms with E-state index >= 15 is 0 Å². The number of amides is 1. The molecule has 0 aliphatic carbocycles. The number of rotatable bonds is 2. The Labute approximate surface area is 96.2 Å². The minimum atomic E-state index is 0.132. The van der Waals surface area contributed by atoms with E-state index in [1.54, 1.807) is 0 Å². The monoisotopic (exact) mass is 218 g/mol. The van der Waals surface area contributed by atoms with Crippen molar-refractivity contribution in [1.82, 2.24) is 4.90 Å². The van der Waals surface area contributed by atoms with Crippen LogP contribution in [0.1, 0.15) is 21.5 Å². The van der Waals surface area contributed by atoms with Gasteiger partial charge in [-0.15, -0.1) is 0 Å². The summed E-state index contributed by atoms with van der Waals surface area (Å²) in [5, 5.41) is 0. The lowest BCUT2D eigenvalue weighted by molar-refractivity contribution is 0.0515. The number of carbonyl (C=O) groups is 1. The molecule has 3 heteroatoms. The second kappa shape index (κ2) is 4.26. The number of aryl methyl sites for hydroxylation is 2. The molecule has 1 fully saturated rings. The first kappa shape index (κ1) is 11.1. The van der Waals surface area contributed by atoms with E-state index in [4.69, 9.17) is 5.73 Å². The zero-order chi connectivity index (χ0) is 11.7. The van der Waals surface area contributed by atoms with Crippen LogP contribution in [0.3, 0.4) is 0 Å². The lowest BCUT2D eigenvalue weighted by Crippen LogP contribution is -2.52. The van der Waals surface area contributed by atoms with Gasteiger partial charge in [0.1, 0.15) is 0 Å². The van der Waals surface area contributed by atoms with Gasteiger partial charge in [-0.2, -0.15) is 0 Å². The molecule has 86 valence electrons. The lowest BCUT2D eigenvalue weighted by Gasteiger charge is -2.38. The van der Waals surface area contributed by atoms with Crippen molar-refractivity contribution >= 4 is 5.91 Å². The molecule has 1 saturated heterocycles. The van der Waals surface area contributed by atoms with Crippen LogP contribution in [-0.2, 0) is 0 Å². The Bertz CT molecular complexity index is 408. The standard InChI is InChI=1S/C13H18N2O/c1-9-3-4-12(5-10(9)2)13(16)15-7-11(6-14)8-15/h3-5,11H,6-8,14H2,1-2H3. The third-order valence-electron chi connectivity index (χ3n) is 3.33. The van der Waals surface area contributed by atoms with Gasteiger partial charge in [0.25, 0.3) is 5.91 Å². The molecule has 1 aliphatic heterocycles. The van der Waals surface area contributed by atoms with Crippen molar-refractivity contribution in [2.24, 2.45) is 11.7 Å². The highest BCUT2D eigenvalue weighted by Gasteiger charge is 2.29. The maximum absolute atomic E-state index is 12.0. The van der Waals surface area contributed by atoms with E-state index in [0.29, 0.717) is 12.5 Å². The largest absolute Gasteiger partial charge is 0.338 e. The summed E-state index contributed by atoms with van der Waals surface area (Å²) >= 11 is 0. The van der Waals surface area contributed by atoms with Crippen molar-refractivity contribution in [3.8, 4) is 0 Å². The molecule has 2 N–H and O–H groups in total. The molecule has 0 radical (unpaired) electrons. The molecule has 0 bridgehead atoms. The van der Waals surface area contributed by atoms with Gasteiger partial charge in [0.15, 0.2) is 0 Å². The number of likely N-dealkylation sites (tertiary alicyclic amines) is 1. The molecular weight excluding hydrogens is 200 g/mol. The first-order chi connectivity index (χ1) is 7.61. The molecule has 0 aromatic heterocycles. The number of carbonyl (C=O) groups excluding carboxylic acids is 1. The van der Waals surface area contributed by atoms with Crippen LogP contribution in [0.5, 0.6) is 0 Å². The minimum Gasteiger partial charge on any atom is -0.338 e. The fourth-order valence-electron chi connectivity index (χ4n) is 1.94. The third kappa shape index (κ3) is 1.95. The van der Waals surface area contributed by atoms with Gasteiger partial charge >= 0.3 is 0 Å². The second-order valence-corrected chi connectivity index (χ2v) is 4.61. The van der Waals surface area contributed by atoms with Crippen molar-refractivity contribution < 1.29 is 4.79 Å². The fourth-order valence-corrected chi connectivity index (χ4v) is 1.94. The highest BCUT2D eigenvalue weighted by Crippen LogP contribution is 2.19. The normalized spacial score (nSPS) is 16.1. The summed E-state index contributed by atoms with van der Waals surface area (Å²) < 4.78 is 0. The highest BCUT2D eigenvalue weighted by atomic mass is 16.2. The number of benzene rings is 1. The molecular formula is C13H18N2O. The summed E-state index contributed by atoms with van der Waals surface area (Å²) in [5.74, 6) is 0.628. The molecule has 0 saturated carbocycles. The number of nitrogens with zero attached hydrogens (tertiary/aromatic N) is 1. The van der Waals surface area contributed by atoms with Crippen molar-refractivity contribution in [2.45, 2.75) is 13.8 Å². The minimum absolute atomic E-state index is 0.132. The van der Waals surface area contributed by atoms with E-state index in [-0.39, 0.29) is 5.91 Å². The van der Waals surface area contributed by atoms with E-state index in [1.165, 1.54) is 11.1 Å². The molecule has 1 aromatic rings. The number of hydrogen-bond acceptors (Lipinski definition) is 2. The average Bonchev–Trinajstić information content (AvgIpc) is 2.20. The Hall–Kier alpha value is -1.35. The lowest BCUT2D eigenvalue weighted by atomic mass is 9.98. The van der Waals surface area contributed by atoms with Crippen LogP contribution in [0.2, 0.25) is 0 Å². The quantitative estimate of drug-likeness (QED) is 0.814. The zero-order valence-corrected chi connectivity index (χ0v) is 9.86. The van der Waals surface area contributed by atoms with Crippen LogP contribution in [0.4, 0.5) is 0 Å². The molecule has 0 unspecified atom stereocenters. The molecule has 1 amide bonds.